The molecule has 0 bridgehead atoms. The number of carboxylic acids is 2. The summed E-state index contributed by atoms with van der Waals surface area (Å²) in [5, 5.41) is 17.1. The van der Waals surface area contributed by atoms with Gasteiger partial charge in [0, 0.05) is 5.02 Å². The minimum atomic E-state index is -1.03. The van der Waals surface area contributed by atoms with E-state index in [0.717, 1.165) is 0 Å². The zero-order valence-corrected chi connectivity index (χ0v) is 9.79. The standard InChI is InChI=1S/C7H5ClO2.C5H4O3/c8-6-3-1-2-5(4-6)7(9)10;6-5(7)4-2-1-3-8-4/h1-4H,(H,9,10);1-3H,(H,6,7). The molecule has 0 aliphatic carbocycles. The van der Waals surface area contributed by atoms with Gasteiger partial charge in [-0.2, -0.15) is 0 Å². The number of aromatic carboxylic acids is 2. The quantitative estimate of drug-likeness (QED) is 0.874. The molecule has 0 atom stereocenters. The minimum absolute atomic E-state index is 0.0231. The molecule has 0 saturated heterocycles. The van der Waals surface area contributed by atoms with Crippen LogP contribution in [0.25, 0.3) is 0 Å². The van der Waals surface area contributed by atoms with E-state index >= 15 is 0 Å². The Morgan fingerprint density at radius 2 is 1.78 bits per heavy atom. The molecule has 2 N–H and O–H groups in total. The van der Waals surface area contributed by atoms with Gasteiger partial charge < -0.3 is 14.6 Å². The van der Waals surface area contributed by atoms with Gasteiger partial charge in [-0.15, -0.1) is 0 Å². The number of carboxylic acid groups (broad SMARTS) is 2. The van der Waals surface area contributed by atoms with Gasteiger partial charge in [-0.3, -0.25) is 0 Å². The van der Waals surface area contributed by atoms with Gasteiger partial charge in [0.05, 0.1) is 11.8 Å². The summed E-state index contributed by atoms with van der Waals surface area (Å²) in [7, 11) is 0. The van der Waals surface area contributed by atoms with Gasteiger partial charge in [0.1, 0.15) is 0 Å². The summed E-state index contributed by atoms with van der Waals surface area (Å²) in [4.78, 5) is 20.3. The van der Waals surface area contributed by atoms with Gasteiger partial charge >= 0.3 is 11.9 Å². The van der Waals surface area contributed by atoms with Crippen LogP contribution >= 0.6 is 11.6 Å². The van der Waals surface area contributed by atoms with Gasteiger partial charge in [-0.05, 0) is 30.3 Å². The van der Waals surface area contributed by atoms with Gasteiger partial charge in [0.2, 0.25) is 5.76 Å². The summed E-state index contributed by atoms with van der Waals surface area (Å²) in [6.45, 7) is 0. The molecule has 2 aromatic rings. The number of furan rings is 1. The SMILES string of the molecule is O=C(O)c1cccc(Cl)c1.O=C(O)c1ccco1. The van der Waals surface area contributed by atoms with Crippen LogP contribution in [0, 0.1) is 0 Å². The normalized spacial score (nSPS) is 9.17. The van der Waals surface area contributed by atoms with E-state index in [0.29, 0.717) is 5.02 Å². The first-order valence-corrected chi connectivity index (χ1v) is 5.14. The highest BCUT2D eigenvalue weighted by Crippen LogP contribution is 2.09. The van der Waals surface area contributed by atoms with Crippen LogP contribution in [0.1, 0.15) is 20.9 Å². The van der Waals surface area contributed by atoms with Crippen molar-refractivity contribution < 1.29 is 24.2 Å². The Hall–Kier alpha value is -2.27. The minimum Gasteiger partial charge on any atom is -0.478 e. The predicted molar refractivity (Wildman–Crippen MR) is 64.1 cm³/mol. The van der Waals surface area contributed by atoms with E-state index in [1.807, 2.05) is 0 Å². The topological polar surface area (TPSA) is 87.7 Å². The van der Waals surface area contributed by atoms with Gasteiger partial charge in [0.15, 0.2) is 0 Å². The highest BCUT2D eigenvalue weighted by Gasteiger charge is 2.02. The summed E-state index contributed by atoms with van der Waals surface area (Å²) < 4.78 is 4.50. The van der Waals surface area contributed by atoms with Gasteiger partial charge in [-0.1, -0.05) is 17.7 Å². The number of carbonyl (C=O) groups is 2. The van der Waals surface area contributed by atoms with Crippen molar-refractivity contribution in [2.24, 2.45) is 0 Å². The second kappa shape index (κ2) is 6.46. The van der Waals surface area contributed by atoms with Gasteiger partial charge in [0.25, 0.3) is 0 Å². The molecule has 6 heteroatoms. The average molecular weight is 269 g/mol. The molecule has 1 heterocycles. The van der Waals surface area contributed by atoms with E-state index in [1.165, 1.54) is 30.5 Å². The Kier molecular flexibility index (Phi) is 4.95. The molecule has 0 aliphatic heterocycles. The van der Waals surface area contributed by atoms with Crippen LogP contribution in [0.15, 0.2) is 47.1 Å². The molecule has 5 nitrogen and oxygen atoms in total. The Morgan fingerprint density at radius 3 is 2.11 bits per heavy atom. The number of halogens is 1. The smallest absolute Gasteiger partial charge is 0.371 e. The van der Waals surface area contributed by atoms with Crippen LogP contribution in [-0.2, 0) is 0 Å². The summed E-state index contributed by atoms with van der Waals surface area (Å²) in [6, 6.07) is 9.06. The van der Waals surface area contributed by atoms with E-state index in [1.54, 1.807) is 12.1 Å². The lowest BCUT2D eigenvalue weighted by molar-refractivity contribution is 0.0659. The van der Waals surface area contributed by atoms with Gasteiger partial charge in [-0.25, -0.2) is 9.59 Å². The first kappa shape index (κ1) is 13.8. The molecule has 1 aromatic carbocycles. The maximum atomic E-state index is 10.3. The van der Waals surface area contributed by atoms with Crippen LogP contribution < -0.4 is 0 Å². The van der Waals surface area contributed by atoms with E-state index in [-0.39, 0.29) is 11.3 Å². The number of hydrogen-bond donors (Lipinski definition) is 2. The molecule has 1 aromatic heterocycles. The maximum Gasteiger partial charge on any atom is 0.371 e. The zero-order chi connectivity index (χ0) is 13.5. The average Bonchev–Trinajstić information content (AvgIpc) is 2.83. The number of benzene rings is 1. The van der Waals surface area contributed by atoms with Crippen LogP contribution in [0.2, 0.25) is 5.02 Å². The molecule has 18 heavy (non-hydrogen) atoms. The van der Waals surface area contributed by atoms with Crippen LogP contribution in [-0.4, -0.2) is 22.2 Å². The molecule has 0 spiro atoms. The molecule has 0 radical (unpaired) electrons. The molecular formula is C12H9ClO5. The molecule has 0 unspecified atom stereocenters. The van der Waals surface area contributed by atoms with Crippen molar-refractivity contribution in [1.82, 2.24) is 0 Å². The molecule has 0 fully saturated rings. The second-order valence-electron chi connectivity index (χ2n) is 3.10. The van der Waals surface area contributed by atoms with E-state index in [2.05, 4.69) is 4.42 Å². The van der Waals surface area contributed by atoms with Crippen molar-refractivity contribution in [3.63, 3.8) is 0 Å². The zero-order valence-electron chi connectivity index (χ0n) is 9.04. The molecular weight excluding hydrogens is 260 g/mol. The lowest BCUT2D eigenvalue weighted by Crippen LogP contribution is -1.94. The van der Waals surface area contributed by atoms with E-state index in [4.69, 9.17) is 21.8 Å². The lowest BCUT2D eigenvalue weighted by atomic mass is 10.2. The molecule has 0 saturated carbocycles. The fourth-order valence-corrected chi connectivity index (χ4v) is 1.21. The Morgan fingerprint density at radius 1 is 1.06 bits per heavy atom. The monoisotopic (exact) mass is 268 g/mol. The van der Waals surface area contributed by atoms with Crippen molar-refractivity contribution in [2.45, 2.75) is 0 Å². The summed E-state index contributed by atoms with van der Waals surface area (Å²) >= 11 is 5.53. The fourth-order valence-electron chi connectivity index (χ4n) is 1.02. The first-order valence-electron chi connectivity index (χ1n) is 4.76. The third-order valence-electron chi connectivity index (χ3n) is 1.80. The predicted octanol–water partition coefficient (Wildman–Crippen LogP) is 3.02. The highest BCUT2D eigenvalue weighted by atomic mass is 35.5. The molecule has 0 aliphatic rings. The summed E-state index contributed by atoms with van der Waals surface area (Å²) in [5.74, 6) is -2.01. The highest BCUT2D eigenvalue weighted by molar-refractivity contribution is 6.30. The van der Waals surface area contributed by atoms with Crippen molar-refractivity contribution in [1.29, 1.82) is 0 Å². The van der Waals surface area contributed by atoms with Crippen molar-refractivity contribution in [3.8, 4) is 0 Å². The summed E-state index contributed by atoms with van der Waals surface area (Å²) in [6.07, 6.45) is 1.32. The molecule has 94 valence electrons. The Balaban J connectivity index is 0.000000184. The van der Waals surface area contributed by atoms with Crippen molar-refractivity contribution >= 4 is 23.5 Å². The Labute approximate surface area is 107 Å². The number of rotatable bonds is 2. The van der Waals surface area contributed by atoms with Crippen LogP contribution in [0.3, 0.4) is 0 Å². The van der Waals surface area contributed by atoms with Crippen molar-refractivity contribution in [2.75, 3.05) is 0 Å². The van der Waals surface area contributed by atoms with Crippen molar-refractivity contribution in [3.05, 3.63) is 59.0 Å². The van der Waals surface area contributed by atoms with E-state index < -0.39 is 11.9 Å². The number of hydrogen-bond acceptors (Lipinski definition) is 3. The molecule has 2 rings (SSSR count). The lowest BCUT2D eigenvalue weighted by Gasteiger charge is -1.92. The second-order valence-corrected chi connectivity index (χ2v) is 3.53. The summed E-state index contributed by atoms with van der Waals surface area (Å²) in [5.41, 5.74) is 0.215. The first-order chi connectivity index (χ1) is 8.50. The van der Waals surface area contributed by atoms with Crippen LogP contribution in [0.4, 0.5) is 0 Å². The maximum absolute atomic E-state index is 10.3. The third-order valence-corrected chi connectivity index (χ3v) is 2.04. The molecule has 0 amide bonds. The van der Waals surface area contributed by atoms with Crippen LogP contribution in [0.5, 0.6) is 0 Å². The third kappa shape index (κ3) is 4.31. The fraction of sp³-hybridized carbons (Fsp3) is 0. The van der Waals surface area contributed by atoms with E-state index in [9.17, 15) is 9.59 Å². The largest absolute Gasteiger partial charge is 0.478 e. The Bertz CT molecular complexity index is 533.